The van der Waals surface area contributed by atoms with E-state index in [1.807, 2.05) is 0 Å². The Balaban J connectivity index is 2.64. The van der Waals surface area contributed by atoms with Crippen molar-refractivity contribution in [3.05, 3.63) is 17.2 Å². The highest BCUT2D eigenvalue weighted by Crippen LogP contribution is 2.35. The Bertz CT molecular complexity index is 452. The number of amides is 1. The van der Waals surface area contributed by atoms with Crippen molar-refractivity contribution in [3.63, 3.8) is 0 Å². The minimum atomic E-state index is -0.0607. The van der Waals surface area contributed by atoms with E-state index in [4.69, 9.17) is 21.1 Å². The summed E-state index contributed by atoms with van der Waals surface area (Å²) in [5.41, 5.74) is 0.666. The standard InChI is InChI=1S/C14H21ClN2O3/c1-4-5-6-16-14(18)9-17-11-8-12(19-2)10(15)7-13(11)20-3/h7-8,17H,4-6,9H2,1-3H3,(H,16,18). The summed E-state index contributed by atoms with van der Waals surface area (Å²) in [6, 6.07) is 3.36. The molecule has 5 nitrogen and oxygen atoms in total. The molecule has 1 aromatic rings. The second-order valence-electron chi connectivity index (χ2n) is 4.24. The summed E-state index contributed by atoms with van der Waals surface area (Å²) < 4.78 is 10.4. The number of nitrogens with one attached hydrogen (secondary N) is 2. The molecule has 0 aliphatic carbocycles. The number of hydrogen-bond donors (Lipinski definition) is 2. The van der Waals surface area contributed by atoms with E-state index in [-0.39, 0.29) is 12.5 Å². The van der Waals surface area contributed by atoms with E-state index in [0.29, 0.717) is 28.8 Å². The fourth-order valence-corrected chi connectivity index (χ4v) is 1.87. The highest BCUT2D eigenvalue weighted by molar-refractivity contribution is 6.32. The Morgan fingerprint density at radius 1 is 1.25 bits per heavy atom. The largest absolute Gasteiger partial charge is 0.495 e. The summed E-state index contributed by atoms with van der Waals surface area (Å²) in [5, 5.41) is 6.31. The first kappa shape index (κ1) is 16.4. The number of unbranched alkanes of at least 4 members (excludes halogenated alkanes) is 1. The number of carbonyl (C=O) groups excluding carboxylic acids is 1. The average Bonchev–Trinajstić information content (AvgIpc) is 2.45. The van der Waals surface area contributed by atoms with Crippen molar-refractivity contribution in [2.45, 2.75) is 19.8 Å². The number of benzene rings is 1. The van der Waals surface area contributed by atoms with Crippen LogP contribution in [-0.2, 0) is 4.79 Å². The Morgan fingerprint density at radius 2 is 1.95 bits per heavy atom. The van der Waals surface area contributed by atoms with Crippen molar-refractivity contribution in [1.29, 1.82) is 0 Å². The third-order valence-corrected chi connectivity index (χ3v) is 3.06. The van der Waals surface area contributed by atoms with Crippen LogP contribution in [0.1, 0.15) is 19.8 Å². The summed E-state index contributed by atoms with van der Waals surface area (Å²) in [6.07, 6.45) is 2.03. The van der Waals surface area contributed by atoms with E-state index in [2.05, 4.69) is 17.6 Å². The molecule has 0 aliphatic heterocycles. The summed E-state index contributed by atoms with van der Waals surface area (Å²) >= 11 is 6.02. The van der Waals surface area contributed by atoms with Crippen LogP contribution < -0.4 is 20.1 Å². The molecular weight excluding hydrogens is 280 g/mol. The number of methoxy groups -OCH3 is 2. The lowest BCUT2D eigenvalue weighted by molar-refractivity contribution is -0.119. The van der Waals surface area contributed by atoms with E-state index in [1.54, 1.807) is 19.2 Å². The zero-order valence-electron chi connectivity index (χ0n) is 12.1. The second-order valence-corrected chi connectivity index (χ2v) is 4.65. The molecule has 1 aromatic carbocycles. The Morgan fingerprint density at radius 3 is 2.55 bits per heavy atom. The molecule has 20 heavy (non-hydrogen) atoms. The lowest BCUT2D eigenvalue weighted by atomic mass is 10.2. The van der Waals surface area contributed by atoms with E-state index in [1.165, 1.54) is 7.11 Å². The van der Waals surface area contributed by atoms with Gasteiger partial charge in [0.1, 0.15) is 11.5 Å². The van der Waals surface area contributed by atoms with Crippen molar-refractivity contribution < 1.29 is 14.3 Å². The van der Waals surface area contributed by atoms with Crippen LogP contribution in [0.3, 0.4) is 0 Å². The molecule has 0 heterocycles. The van der Waals surface area contributed by atoms with Gasteiger partial charge in [-0.25, -0.2) is 0 Å². The Kier molecular flexibility index (Phi) is 7.01. The van der Waals surface area contributed by atoms with Crippen LogP contribution in [0.25, 0.3) is 0 Å². The highest BCUT2D eigenvalue weighted by Gasteiger charge is 2.10. The molecule has 0 fully saturated rings. The molecule has 6 heteroatoms. The van der Waals surface area contributed by atoms with Gasteiger partial charge in [-0.05, 0) is 6.42 Å². The van der Waals surface area contributed by atoms with Crippen LogP contribution in [0, 0.1) is 0 Å². The maximum atomic E-state index is 11.6. The smallest absolute Gasteiger partial charge is 0.239 e. The van der Waals surface area contributed by atoms with Crippen molar-refractivity contribution in [2.24, 2.45) is 0 Å². The summed E-state index contributed by atoms with van der Waals surface area (Å²) in [6.45, 7) is 2.94. The van der Waals surface area contributed by atoms with Gasteiger partial charge in [0.25, 0.3) is 0 Å². The normalized spacial score (nSPS) is 10.0. The van der Waals surface area contributed by atoms with Crippen molar-refractivity contribution in [1.82, 2.24) is 5.32 Å². The maximum absolute atomic E-state index is 11.6. The van der Waals surface area contributed by atoms with Gasteiger partial charge < -0.3 is 20.1 Å². The van der Waals surface area contributed by atoms with Crippen LogP contribution >= 0.6 is 11.6 Å². The molecule has 0 bridgehead atoms. The van der Waals surface area contributed by atoms with Crippen molar-refractivity contribution in [3.8, 4) is 11.5 Å². The van der Waals surface area contributed by atoms with Crippen molar-refractivity contribution in [2.75, 3.05) is 32.6 Å². The van der Waals surface area contributed by atoms with Crippen LogP contribution in [-0.4, -0.2) is 33.2 Å². The highest BCUT2D eigenvalue weighted by atomic mass is 35.5. The maximum Gasteiger partial charge on any atom is 0.239 e. The van der Waals surface area contributed by atoms with Gasteiger partial charge >= 0.3 is 0 Å². The van der Waals surface area contributed by atoms with Crippen LogP contribution in [0.4, 0.5) is 5.69 Å². The molecule has 0 atom stereocenters. The van der Waals surface area contributed by atoms with Gasteiger partial charge in [0.15, 0.2) is 0 Å². The fraction of sp³-hybridized carbons (Fsp3) is 0.500. The number of carbonyl (C=O) groups is 1. The van der Waals surface area contributed by atoms with Gasteiger partial charge in [0.2, 0.25) is 5.91 Å². The summed E-state index contributed by atoms with van der Waals surface area (Å²) in [7, 11) is 3.08. The van der Waals surface area contributed by atoms with Gasteiger partial charge in [-0.15, -0.1) is 0 Å². The number of hydrogen-bond acceptors (Lipinski definition) is 4. The molecular formula is C14H21ClN2O3. The zero-order chi connectivity index (χ0) is 15.0. The number of rotatable bonds is 8. The molecule has 0 aromatic heterocycles. The van der Waals surface area contributed by atoms with Gasteiger partial charge in [0, 0.05) is 18.7 Å². The second kappa shape index (κ2) is 8.53. The van der Waals surface area contributed by atoms with E-state index in [0.717, 1.165) is 12.8 Å². The van der Waals surface area contributed by atoms with Gasteiger partial charge in [-0.1, -0.05) is 24.9 Å². The first-order chi connectivity index (χ1) is 9.62. The molecule has 0 saturated heterocycles. The molecule has 112 valence electrons. The third kappa shape index (κ3) is 4.81. The number of anilines is 1. The molecule has 0 aliphatic rings. The quantitative estimate of drug-likeness (QED) is 0.725. The summed E-state index contributed by atoms with van der Waals surface area (Å²) in [5.74, 6) is 1.04. The molecule has 0 radical (unpaired) electrons. The van der Waals surface area contributed by atoms with E-state index < -0.39 is 0 Å². The first-order valence-corrected chi connectivity index (χ1v) is 6.92. The molecule has 1 rings (SSSR count). The minimum absolute atomic E-state index is 0.0607. The van der Waals surface area contributed by atoms with E-state index in [9.17, 15) is 4.79 Å². The number of halogens is 1. The van der Waals surface area contributed by atoms with Gasteiger partial charge in [-0.3, -0.25) is 4.79 Å². The zero-order valence-corrected chi connectivity index (χ0v) is 12.8. The average molecular weight is 301 g/mol. The predicted octanol–water partition coefficient (Wildman–Crippen LogP) is 2.69. The molecule has 1 amide bonds. The van der Waals surface area contributed by atoms with E-state index >= 15 is 0 Å². The lowest BCUT2D eigenvalue weighted by Gasteiger charge is -2.13. The van der Waals surface area contributed by atoms with Crippen LogP contribution in [0.15, 0.2) is 12.1 Å². The molecule has 0 spiro atoms. The van der Waals surface area contributed by atoms with Gasteiger partial charge in [-0.2, -0.15) is 0 Å². The van der Waals surface area contributed by atoms with Crippen molar-refractivity contribution >= 4 is 23.2 Å². The van der Waals surface area contributed by atoms with Crippen LogP contribution in [0.2, 0.25) is 5.02 Å². The SMILES string of the molecule is CCCCNC(=O)CNc1cc(OC)c(Cl)cc1OC. The Labute approximate surface area is 124 Å². The fourth-order valence-electron chi connectivity index (χ4n) is 1.64. The predicted molar refractivity (Wildman–Crippen MR) is 81.0 cm³/mol. The molecule has 0 saturated carbocycles. The van der Waals surface area contributed by atoms with Gasteiger partial charge in [0.05, 0.1) is 31.5 Å². The summed E-state index contributed by atoms with van der Waals surface area (Å²) in [4.78, 5) is 11.6. The minimum Gasteiger partial charge on any atom is -0.495 e. The van der Waals surface area contributed by atoms with Crippen LogP contribution in [0.5, 0.6) is 11.5 Å². The Hall–Kier alpha value is -1.62. The number of ether oxygens (including phenoxy) is 2. The molecule has 0 unspecified atom stereocenters. The third-order valence-electron chi connectivity index (χ3n) is 2.77. The monoisotopic (exact) mass is 300 g/mol. The first-order valence-electron chi connectivity index (χ1n) is 6.54. The molecule has 2 N–H and O–H groups in total. The lowest BCUT2D eigenvalue weighted by Crippen LogP contribution is -2.30. The topological polar surface area (TPSA) is 59.6 Å².